The zero-order valence-electron chi connectivity index (χ0n) is 17.4. The molecule has 0 aliphatic carbocycles. The molecule has 1 aliphatic heterocycles. The molecule has 0 spiro atoms. The highest BCUT2D eigenvalue weighted by molar-refractivity contribution is 5.90. The van der Waals surface area contributed by atoms with E-state index in [9.17, 15) is 18.8 Å². The highest BCUT2D eigenvalue weighted by atomic mass is 19.1. The largest absolute Gasteiger partial charge is 0.442 e. The second-order valence-electron chi connectivity index (χ2n) is 7.24. The molecule has 3 amide bonds. The van der Waals surface area contributed by atoms with E-state index in [1.165, 1.54) is 17.9 Å². The van der Waals surface area contributed by atoms with Crippen molar-refractivity contribution in [3.8, 4) is 11.1 Å². The Bertz CT molecular complexity index is 980. The first kappa shape index (κ1) is 22.1. The van der Waals surface area contributed by atoms with E-state index >= 15 is 0 Å². The number of nitrogens with zero attached hydrogens (tertiary/aromatic N) is 2. The monoisotopic (exact) mass is 428 g/mol. The van der Waals surface area contributed by atoms with Crippen LogP contribution in [0.15, 0.2) is 42.5 Å². The Morgan fingerprint density at radius 3 is 2.55 bits per heavy atom. The van der Waals surface area contributed by atoms with Gasteiger partial charge < -0.3 is 20.7 Å². The third-order valence-corrected chi connectivity index (χ3v) is 4.99. The van der Waals surface area contributed by atoms with Crippen molar-refractivity contribution >= 4 is 29.3 Å². The van der Waals surface area contributed by atoms with Gasteiger partial charge in [0.15, 0.2) is 0 Å². The number of carbonyl (C=O) groups excluding carboxylic acids is 3. The molecule has 0 aromatic heterocycles. The Labute approximate surface area is 179 Å². The summed E-state index contributed by atoms with van der Waals surface area (Å²) in [7, 11) is 0. The Hall–Kier alpha value is -3.62. The molecule has 2 aromatic rings. The van der Waals surface area contributed by atoms with Crippen molar-refractivity contribution in [2.75, 3.05) is 36.0 Å². The van der Waals surface area contributed by atoms with Crippen molar-refractivity contribution in [2.45, 2.75) is 20.0 Å². The molecule has 1 aliphatic rings. The summed E-state index contributed by atoms with van der Waals surface area (Å²) in [6.07, 6.45) is -1.07. The van der Waals surface area contributed by atoms with Crippen LogP contribution in [0.1, 0.15) is 13.8 Å². The second-order valence-corrected chi connectivity index (χ2v) is 7.24. The molecular weight excluding hydrogens is 403 g/mol. The van der Waals surface area contributed by atoms with Crippen molar-refractivity contribution in [1.29, 1.82) is 0 Å². The van der Waals surface area contributed by atoms with Gasteiger partial charge in [-0.05, 0) is 42.8 Å². The van der Waals surface area contributed by atoms with Crippen LogP contribution in [-0.4, -0.2) is 50.2 Å². The van der Waals surface area contributed by atoms with Gasteiger partial charge in [-0.15, -0.1) is 0 Å². The number of benzene rings is 2. The summed E-state index contributed by atoms with van der Waals surface area (Å²) < 4.78 is 20.1. The lowest BCUT2D eigenvalue weighted by molar-refractivity contribution is -0.119. The number of anilines is 2. The molecule has 3 rings (SSSR count). The molecule has 8 nitrogen and oxygen atoms in total. The van der Waals surface area contributed by atoms with Gasteiger partial charge in [0.2, 0.25) is 11.8 Å². The van der Waals surface area contributed by atoms with E-state index in [0.29, 0.717) is 23.4 Å². The summed E-state index contributed by atoms with van der Waals surface area (Å²) in [6.45, 7) is 4.44. The van der Waals surface area contributed by atoms with E-state index in [1.54, 1.807) is 36.4 Å². The summed E-state index contributed by atoms with van der Waals surface area (Å²) in [6, 6.07) is 11.7. The van der Waals surface area contributed by atoms with E-state index in [-0.39, 0.29) is 25.5 Å². The molecule has 1 saturated heterocycles. The lowest BCUT2D eigenvalue weighted by Crippen LogP contribution is -2.33. The summed E-state index contributed by atoms with van der Waals surface area (Å²) in [4.78, 5) is 37.5. The summed E-state index contributed by atoms with van der Waals surface area (Å²) in [5, 5.41) is 2.60. The van der Waals surface area contributed by atoms with Gasteiger partial charge in [-0.3, -0.25) is 14.5 Å². The predicted octanol–water partition coefficient (Wildman–Crippen LogP) is 2.27. The van der Waals surface area contributed by atoms with Crippen molar-refractivity contribution in [1.82, 2.24) is 5.32 Å². The fraction of sp³-hybridized carbons (Fsp3) is 0.318. The third kappa shape index (κ3) is 5.30. The smallest absolute Gasteiger partial charge is 0.414 e. The number of hydrogen-bond acceptors (Lipinski definition) is 5. The first-order valence-corrected chi connectivity index (χ1v) is 9.94. The van der Waals surface area contributed by atoms with Crippen LogP contribution >= 0.6 is 0 Å². The minimum absolute atomic E-state index is 0.105. The van der Waals surface area contributed by atoms with Gasteiger partial charge in [0.05, 0.1) is 25.3 Å². The first-order valence-electron chi connectivity index (χ1n) is 9.94. The van der Waals surface area contributed by atoms with Crippen LogP contribution in [0.3, 0.4) is 0 Å². The Morgan fingerprint density at radius 1 is 1.26 bits per heavy atom. The molecule has 1 unspecified atom stereocenters. The number of hydrogen-bond donors (Lipinski definition) is 2. The van der Waals surface area contributed by atoms with E-state index in [2.05, 4.69) is 5.32 Å². The zero-order chi connectivity index (χ0) is 22.5. The van der Waals surface area contributed by atoms with Crippen molar-refractivity contribution < 1.29 is 23.5 Å². The average molecular weight is 428 g/mol. The van der Waals surface area contributed by atoms with E-state index in [1.807, 2.05) is 11.8 Å². The number of ether oxygens (including phenoxy) is 1. The fourth-order valence-electron chi connectivity index (χ4n) is 3.43. The summed E-state index contributed by atoms with van der Waals surface area (Å²) >= 11 is 0. The van der Waals surface area contributed by atoms with Gasteiger partial charge in [-0.25, -0.2) is 9.18 Å². The van der Waals surface area contributed by atoms with E-state index in [0.717, 1.165) is 5.69 Å². The lowest BCUT2D eigenvalue weighted by Gasteiger charge is -2.21. The predicted molar refractivity (Wildman–Crippen MR) is 115 cm³/mol. The number of halogens is 1. The standard InChI is InChI=1S/C22H25FN4O4/c1-3-26(13-21(24)29)16-6-4-15(5-7-16)19-9-8-17(10-20(19)23)27-12-18(31-22(27)30)11-25-14(2)28/h4-10,18H,3,11-13H2,1-2H3,(H2,24,29)(H,25,28). The molecule has 9 heteroatoms. The average Bonchev–Trinajstić information content (AvgIpc) is 3.11. The number of carbonyl (C=O) groups is 3. The van der Waals surface area contributed by atoms with Gasteiger partial charge >= 0.3 is 6.09 Å². The molecule has 3 N–H and O–H groups in total. The number of primary amides is 1. The highest BCUT2D eigenvalue weighted by Gasteiger charge is 2.32. The SMILES string of the molecule is CCN(CC(N)=O)c1ccc(-c2ccc(N3CC(CNC(C)=O)OC3=O)cc2F)cc1. The van der Waals surface area contributed by atoms with Crippen molar-refractivity contribution in [3.63, 3.8) is 0 Å². The maximum absolute atomic E-state index is 14.9. The molecule has 1 fully saturated rings. The van der Waals surface area contributed by atoms with Crippen molar-refractivity contribution in [2.24, 2.45) is 5.73 Å². The Kier molecular flexibility index (Phi) is 6.74. The molecule has 1 heterocycles. The van der Waals surface area contributed by atoms with Crippen LogP contribution in [0.4, 0.5) is 20.6 Å². The third-order valence-electron chi connectivity index (χ3n) is 4.99. The fourth-order valence-corrected chi connectivity index (χ4v) is 3.43. The van der Waals surface area contributed by atoms with Crippen molar-refractivity contribution in [3.05, 3.63) is 48.3 Å². The van der Waals surface area contributed by atoms with E-state index < -0.39 is 23.9 Å². The maximum atomic E-state index is 14.9. The molecule has 0 bridgehead atoms. The molecular formula is C22H25FN4O4. The van der Waals surface area contributed by atoms with Crippen LogP contribution in [0.2, 0.25) is 0 Å². The molecule has 164 valence electrons. The number of likely N-dealkylation sites (N-methyl/N-ethyl adjacent to an activating group) is 1. The quantitative estimate of drug-likeness (QED) is 0.671. The molecule has 31 heavy (non-hydrogen) atoms. The zero-order valence-corrected chi connectivity index (χ0v) is 17.4. The molecule has 2 aromatic carbocycles. The number of amides is 3. The summed E-state index contributed by atoms with van der Waals surface area (Å²) in [5.41, 5.74) is 7.52. The second kappa shape index (κ2) is 9.46. The number of nitrogens with one attached hydrogen (secondary N) is 1. The first-order chi connectivity index (χ1) is 14.8. The normalized spacial score (nSPS) is 15.5. The van der Waals surface area contributed by atoms with E-state index in [4.69, 9.17) is 10.5 Å². The molecule has 0 radical (unpaired) electrons. The van der Waals surface area contributed by atoms with Gasteiger partial charge in [-0.1, -0.05) is 12.1 Å². The maximum Gasteiger partial charge on any atom is 0.414 e. The van der Waals surface area contributed by atoms with Gasteiger partial charge in [0.25, 0.3) is 0 Å². The van der Waals surface area contributed by atoms with Crippen LogP contribution in [-0.2, 0) is 14.3 Å². The minimum Gasteiger partial charge on any atom is -0.442 e. The number of cyclic esters (lactones) is 1. The minimum atomic E-state index is -0.582. The van der Waals surface area contributed by atoms with Crippen LogP contribution in [0.25, 0.3) is 11.1 Å². The molecule has 0 saturated carbocycles. The lowest BCUT2D eigenvalue weighted by atomic mass is 10.0. The van der Waals surface area contributed by atoms with Crippen LogP contribution in [0, 0.1) is 5.82 Å². The highest BCUT2D eigenvalue weighted by Crippen LogP contribution is 2.30. The Morgan fingerprint density at radius 2 is 1.97 bits per heavy atom. The van der Waals surface area contributed by atoms with Gasteiger partial charge in [0, 0.05) is 24.7 Å². The van der Waals surface area contributed by atoms with Crippen LogP contribution < -0.4 is 20.9 Å². The van der Waals surface area contributed by atoms with Gasteiger partial charge in [-0.2, -0.15) is 0 Å². The number of nitrogens with two attached hydrogens (primary N) is 1. The Balaban J connectivity index is 1.74. The van der Waals surface area contributed by atoms with Crippen LogP contribution in [0.5, 0.6) is 0 Å². The topological polar surface area (TPSA) is 105 Å². The summed E-state index contributed by atoms with van der Waals surface area (Å²) in [5.74, 6) is -1.12. The number of rotatable bonds is 8. The molecule has 1 atom stereocenters. The van der Waals surface area contributed by atoms with Gasteiger partial charge in [0.1, 0.15) is 11.9 Å².